The van der Waals surface area contributed by atoms with Crippen molar-refractivity contribution in [2.75, 3.05) is 13.1 Å². The molecule has 1 aliphatic rings. The number of carbonyl (C=O) groups excluding carboxylic acids is 1. The average molecular weight is 468 g/mol. The second-order valence-corrected chi connectivity index (χ2v) is 9.51. The smallest absolute Gasteiger partial charge is 0.391 e. The fraction of sp³-hybridized carbons (Fsp3) is 0.682. The second kappa shape index (κ2) is 9.99. The standard InChI is InChI=1S/C22H30F6N2O2/c1-20(2,3)18(31)12-29-17-6-4-13(5-7-17)11-30-19(32)14-8-15(21(23,24)25)10-16(9-14)22(26,27)28/h8-10,13,17-18,29,31H,4-7,11-12H2,1-3H3,(H,30,32)/t13-,17+,18?. The van der Waals surface area contributed by atoms with Gasteiger partial charge in [-0.05, 0) is 55.2 Å². The number of carbonyl (C=O) groups is 1. The normalized spacial score (nSPS) is 21.3. The maximum atomic E-state index is 13.0. The van der Waals surface area contributed by atoms with Crippen LogP contribution in [0.3, 0.4) is 0 Å². The van der Waals surface area contributed by atoms with Crippen molar-refractivity contribution in [3.05, 3.63) is 34.9 Å². The zero-order valence-corrected chi connectivity index (χ0v) is 18.3. The van der Waals surface area contributed by atoms with Crippen molar-refractivity contribution in [3.8, 4) is 0 Å². The molecule has 1 atom stereocenters. The van der Waals surface area contributed by atoms with Gasteiger partial charge in [0, 0.05) is 24.7 Å². The van der Waals surface area contributed by atoms with E-state index in [9.17, 15) is 36.2 Å². The Balaban J connectivity index is 1.91. The number of nitrogens with one attached hydrogen (secondary N) is 2. The lowest BCUT2D eigenvalue weighted by atomic mass is 9.85. The van der Waals surface area contributed by atoms with Crippen molar-refractivity contribution in [2.24, 2.45) is 11.3 Å². The highest BCUT2D eigenvalue weighted by molar-refractivity contribution is 5.94. The number of aliphatic hydroxyl groups excluding tert-OH is 1. The summed E-state index contributed by atoms with van der Waals surface area (Å²) in [7, 11) is 0. The van der Waals surface area contributed by atoms with Crippen LogP contribution in [-0.2, 0) is 12.4 Å². The van der Waals surface area contributed by atoms with Gasteiger partial charge in [0.25, 0.3) is 5.91 Å². The van der Waals surface area contributed by atoms with Gasteiger partial charge in [0.15, 0.2) is 0 Å². The summed E-state index contributed by atoms with van der Waals surface area (Å²) >= 11 is 0. The van der Waals surface area contributed by atoms with Crippen LogP contribution >= 0.6 is 0 Å². The summed E-state index contributed by atoms with van der Waals surface area (Å²) in [5.74, 6) is -0.882. The van der Waals surface area contributed by atoms with Crippen LogP contribution < -0.4 is 10.6 Å². The Morgan fingerprint density at radius 1 is 0.969 bits per heavy atom. The summed E-state index contributed by atoms with van der Waals surface area (Å²) in [5.41, 5.74) is -3.93. The molecule has 0 heterocycles. The van der Waals surface area contributed by atoms with Crippen LogP contribution in [0.1, 0.15) is 67.9 Å². The fourth-order valence-electron chi connectivity index (χ4n) is 3.58. The molecule has 0 radical (unpaired) electrons. The number of hydrogen-bond acceptors (Lipinski definition) is 3. The minimum atomic E-state index is -5.00. The minimum Gasteiger partial charge on any atom is -0.391 e. The van der Waals surface area contributed by atoms with Gasteiger partial charge in [-0.15, -0.1) is 0 Å². The average Bonchev–Trinajstić information content (AvgIpc) is 2.68. The first-order valence-corrected chi connectivity index (χ1v) is 10.6. The Hall–Kier alpha value is -1.81. The van der Waals surface area contributed by atoms with Gasteiger partial charge in [-0.3, -0.25) is 4.79 Å². The van der Waals surface area contributed by atoms with Gasteiger partial charge in [-0.1, -0.05) is 20.8 Å². The van der Waals surface area contributed by atoms with Crippen LogP contribution in [0.5, 0.6) is 0 Å². The van der Waals surface area contributed by atoms with Crippen molar-refractivity contribution in [2.45, 2.75) is 71.0 Å². The van der Waals surface area contributed by atoms with E-state index >= 15 is 0 Å². The molecule has 0 saturated heterocycles. The van der Waals surface area contributed by atoms with Gasteiger partial charge in [0.2, 0.25) is 0 Å². The maximum Gasteiger partial charge on any atom is 0.416 e. The molecule has 182 valence electrons. The lowest BCUT2D eigenvalue weighted by Gasteiger charge is -2.32. The number of rotatable bonds is 6. The van der Waals surface area contributed by atoms with Crippen LogP contribution in [0.25, 0.3) is 0 Å². The molecule has 1 saturated carbocycles. The molecule has 3 N–H and O–H groups in total. The molecule has 1 aromatic rings. The summed E-state index contributed by atoms with van der Waals surface area (Å²) in [6.07, 6.45) is -7.38. The van der Waals surface area contributed by atoms with E-state index in [1.165, 1.54) is 0 Å². The molecule has 2 rings (SSSR count). The molecule has 0 bridgehead atoms. The van der Waals surface area contributed by atoms with Gasteiger partial charge in [-0.2, -0.15) is 26.3 Å². The molecule has 1 aliphatic carbocycles. The van der Waals surface area contributed by atoms with E-state index < -0.39 is 41.1 Å². The molecule has 10 heteroatoms. The monoisotopic (exact) mass is 468 g/mol. The van der Waals surface area contributed by atoms with E-state index in [0.717, 1.165) is 25.7 Å². The third-order valence-corrected chi connectivity index (χ3v) is 5.85. The molecular weight excluding hydrogens is 438 g/mol. The van der Waals surface area contributed by atoms with Crippen LogP contribution in [0, 0.1) is 11.3 Å². The lowest BCUT2D eigenvalue weighted by molar-refractivity contribution is -0.143. The van der Waals surface area contributed by atoms with Crippen molar-refractivity contribution in [3.63, 3.8) is 0 Å². The number of hydrogen-bond donors (Lipinski definition) is 3. The molecule has 0 aliphatic heterocycles. The van der Waals surface area contributed by atoms with Crippen LogP contribution in [-0.4, -0.2) is 36.2 Å². The van der Waals surface area contributed by atoms with Crippen molar-refractivity contribution < 1.29 is 36.2 Å². The highest BCUT2D eigenvalue weighted by Crippen LogP contribution is 2.36. The maximum absolute atomic E-state index is 13.0. The topological polar surface area (TPSA) is 61.4 Å². The van der Waals surface area contributed by atoms with Gasteiger partial charge in [-0.25, -0.2) is 0 Å². The Bertz CT molecular complexity index is 746. The Kier molecular flexibility index (Phi) is 8.25. The highest BCUT2D eigenvalue weighted by atomic mass is 19.4. The fourth-order valence-corrected chi connectivity index (χ4v) is 3.58. The number of halogens is 6. The predicted octanol–water partition coefficient (Wildman–Crippen LogP) is 5.01. The first-order valence-electron chi connectivity index (χ1n) is 10.6. The molecule has 1 aromatic carbocycles. The predicted molar refractivity (Wildman–Crippen MR) is 108 cm³/mol. The largest absolute Gasteiger partial charge is 0.416 e. The second-order valence-electron chi connectivity index (χ2n) is 9.51. The van der Waals surface area contributed by atoms with E-state index in [1.807, 2.05) is 20.8 Å². The van der Waals surface area contributed by atoms with Crippen molar-refractivity contribution in [1.82, 2.24) is 10.6 Å². The lowest BCUT2D eigenvalue weighted by Crippen LogP contribution is -2.43. The first kappa shape index (κ1) is 26.4. The summed E-state index contributed by atoms with van der Waals surface area (Å²) < 4.78 is 77.8. The van der Waals surface area contributed by atoms with E-state index in [0.29, 0.717) is 18.7 Å². The van der Waals surface area contributed by atoms with E-state index in [1.54, 1.807) is 0 Å². The Morgan fingerprint density at radius 2 is 1.47 bits per heavy atom. The first-order chi connectivity index (χ1) is 14.6. The molecule has 1 fully saturated rings. The van der Waals surface area contributed by atoms with Gasteiger partial charge in [0.05, 0.1) is 17.2 Å². The third kappa shape index (κ3) is 7.65. The van der Waals surface area contributed by atoms with E-state index in [-0.39, 0.29) is 30.0 Å². The quantitative estimate of drug-likeness (QED) is 0.515. The van der Waals surface area contributed by atoms with E-state index in [2.05, 4.69) is 10.6 Å². The zero-order valence-electron chi connectivity index (χ0n) is 18.3. The van der Waals surface area contributed by atoms with Gasteiger partial charge < -0.3 is 15.7 Å². The molecule has 0 spiro atoms. The van der Waals surface area contributed by atoms with E-state index in [4.69, 9.17) is 0 Å². The van der Waals surface area contributed by atoms with Gasteiger partial charge >= 0.3 is 12.4 Å². The number of alkyl halides is 6. The van der Waals surface area contributed by atoms with Crippen molar-refractivity contribution in [1.29, 1.82) is 0 Å². The van der Waals surface area contributed by atoms with Crippen molar-refractivity contribution >= 4 is 5.91 Å². The highest BCUT2D eigenvalue weighted by Gasteiger charge is 2.37. The Morgan fingerprint density at radius 3 is 1.91 bits per heavy atom. The molecule has 1 amide bonds. The summed E-state index contributed by atoms with van der Waals surface area (Å²) in [4.78, 5) is 12.3. The summed E-state index contributed by atoms with van der Waals surface area (Å²) in [6, 6.07) is 1.09. The Labute approximate surface area is 183 Å². The number of aliphatic hydroxyl groups is 1. The zero-order chi connectivity index (χ0) is 24.3. The molecule has 32 heavy (non-hydrogen) atoms. The van der Waals surface area contributed by atoms with Crippen LogP contribution in [0.2, 0.25) is 0 Å². The number of amides is 1. The third-order valence-electron chi connectivity index (χ3n) is 5.85. The SMILES string of the molecule is CC(C)(C)C(O)CN[C@H]1CC[C@@H](CNC(=O)c2cc(C(F)(F)F)cc(C(F)(F)F)c2)CC1. The minimum absolute atomic E-state index is 0.00164. The summed E-state index contributed by atoms with van der Waals surface area (Å²) in [5, 5.41) is 15.9. The molecule has 4 nitrogen and oxygen atoms in total. The number of benzene rings is 1. The molecule has 0 aromatic heterocycles. The van der Waals surface area contributed by atoms with Crippen LogP contribution in [0.4, 0.5) is 26.3 Å². The summed E-state index contributed by atoms with van der Waals surface area (Å²) in [6.45, 7) is 6.48. The molecular formula is C22H30F6N2O2. The van der Waals surface area contributed by atoms with Gasteiger partial charge in [0.1, 0.15) is 0 Å². The van der Waals surface area contributed by atoms with Crippen LogP contribution in [0.15, 0.2) is 18.2 Å². The molecule has 1 unspecified atom stereocenters.